The Labute approximate surface area is 116 Å². The molecule has 6 nitrogen and oxygen atoms in total. The summed E-state index contributed by atoms with van der Waals surface area (Å²) >= 11 is 0. The molecule has 0 aliphatic rings. The molecule has 0 saturated heterocycles. The van der Waals surface area contributed by atoms with Crippen LogP contribution in [0.5, 0.6) is 0 Å². The van der Waals surface area contributed by atoms with Crippen molar-refractivity contribution in [1.82, 2.24) is 9.97 Å². The number of nitrogens with two attached hydrogens (primary N) is 1. The number of anilines is 2. The van der Waals surface area contributed by atoms with Gasteiger partial charge in [-0.25, -0.2) is 4.98 Å². The molecule has 1 aromatic carbocycles. The van der Waals surface area contributed by atoms with Gasteiger partial charge in [-0.15, -0.1) is 0 Å². The first-order valence-corrected chi connectivity index (χ1v) is 6.21. The number of nitrogens with one attached hydrogen (secondary N) is 1. The standard InChI is InChI=1S/C14H16N4O2/c1-9(20)10-3-2-4-11(7-10)12-8-13(16-5-6-19)18-14(15)17-12/h2-4,7-8,19H,5-6H2,1H3,(H3,15,16,17,18). The summed E-state index contributed by atoms with van der Waals surface area (Å²) in [6.07, 6.45) is 0. The van der Waals surface area contributed by atoms with Gasteiger partial charge >= 0.3 is 0 Å². The molecule has 0 atom stereocenters. The number of hydrogen-bond donors (Lipinski definition) is 3. The molecule has 6 heteroatoms. The maximum absolute atomic E-state index is 11.4. The highest BCUT2D eigenvalue weighted by Gasteiger charge is 2.07. The van der Waals surface area contributed by atoms with E-state index in [1.54, 1.807) is 24.3 Å². The van der Waals surface area contributed by atoms with E-state index < -0.39 is 0 Å². The molecule has 0 aliphatic carbocycles. The summed E-state index contributed by atoms with van der Waals surface area (Å²) in [5, 5.41) is 11.7. The van der Waals surface area contributed by atoms with Gasteiger partial charge in [0, 0.05) is 23.7 Å². The summed E-state index contributed by atoms with van der Waals surface area (Å²) in [7, 11) is 0. The Balaban J connectivity index is 2.38. The molecular weight excluding hydrogens is 256 g/mol. The monoisotopic (exact) mass is 272 g/mol. The minimum absolute atomic E-state index is 0.000930. The molecule has 2 aromatic rings. The lowest BCUT2D eigenvalue weighted by molar-refractivity contribution is 0.101. The van der Waals surface area contributed by atoms with Crippen molar-refractivity contribution >= 4 is 17.5 Å². The van der Waals surface area contributed by atoms with Crippen molar-refractivity contribution in [3.05, 3.63) is 35.9 Å². The van der Waals surface area contributed by atoms with Crippen LogP contribution in [0.3, 0.4) is 0 Å². The maximum Gasteiger partial charge on any atom is 0.222 e. The molecule has 0 spiro atoms. The quantitative estimate of drug-likeness (QED) is 0.710. The van der Waals surface area contributed by atoms with Crippen molar-refractivity contribution in [2.75, 3.05) is 24.2 Å². The fourth-order valence-electron chi connectivity index (χ4n) is 1.79. The average Bonchev–Trinajstić information content (AvgIpc) is 2.44. The van der Waals surface area contributed by atoms with Gasteiger partial charge in [-0.2, -0.15) is 4.98 Å². The first kappa shape index (κ1) is 14.0. The number of nitrogen functional groups attached to an aromatic ring is 1. The smallest absolute Gasteiger partial charge is 0.222 e. The Hall–Kier alpha value is -2.47. The topological polar surface area (TPSA) is 101 Å². The molecule has 0 unspecified atom stereocenters. The highest BCUT2D eigenvalue weighted by molar-refractivity contribution is 5.95. The fourth-order valence-corrected chi connectivity index (χ4v) is 1.79. The van der Waals surface area contributed by atoms with E-state index in [4.69, 9.17) is 10.8 Å². The largest absolute Gasteiger partial charge is 0.395 e. The van der Waals surface area contributed by atoms with E-state index in [1.807, 2.05) is 6.07 Å². The van der Waals surface area contributed by atoms with Gasteiger partial charge in [0.05, 0.1) is 12.3 Å². The molecule has 0 saturated carbocycles. The number of Topliss-reactive ketones (excluding diaryl/α,β-unsaturated/α-hetero) is 1. The van der Waals surface area contributed by atoms with E-state index in [1.165, 1.54) is 6.92 Å². The second-order valence-corrected chi connectivity index (χ2v) is 4.28. The Morgan fingerprint density at radius 1 is 1.35 bits per heavy atom. The Morgan fingerprint density at radius 3 is 2.85 bits per heavy atom. The third-order valence-electron chi connectivity index (χ3n) is 2.73. The highest BCUT2D eigenvalue weighted by atomic mass is 16.3. The Morgan fingerprint density at radius 2 is 2.15 bits per heavy atom. The number of aliphatic hydroxyl groups excluding tert-OH is 1. The molecular formula is C14H16N4O2. The van der Waals surface area contributed by atoms with Gasteiger partial charge in [-0.05, 0) is 13.0 Å². The molecule has 0 aliphatic heterocycles. The zero-order valence-corrected chi connectivity index (χ0v) is 11.1. The van der Waals surface area contributed by atoms with Crippen molar-refractivity contribution in [1.29, 1.82) is 0 Å². The van der Waals surface area contributed by atoms with Crippen LogP contribution in [0, 0.1) is 0 Å². The van der Waals surface area contributed by atoms with Crippen LogP contribution in [-0.4, -0.2) is 34.0 Å². The van der Waals surface area contributed by atoms with Gasteiger partial charge in [0.15, 0.2) is 5.78 Å². The van der Waals surface area contributed by atoms with Crippen molar-refractivity contribution in [3.8, 4) is 11.3 Å². The number of carbonyl (C=O) groups is 1. The number of hydrogen-bond acceptors (Lipinski definition) is 6. The molecule has 0 fully saturated rings. The van der Waals surface area contributed by atoms with Gasteiger partial charge in [0.1, 0.15) is 5.82 Å². The third-order valence-corrected chi connectivity index (χ3v) is 2.73. The lowest BCUT2D eigenvalue weighted by atomic mass is 10.1. The third kappa shape index (κ3) is 3.30. The summed E-state index contributed by atoms with van der Waals surface area (Å²) < 4.78 is 0. The molecule has 104 valence electrons. The number of aromatic nitrogens is 2. The van der Waals surface area contributed by atoms with Crippen LogP contribution in [-0.2, 0) is 0 Å². The van der Waals surface area contributed by atoms with Crippen LogP contribution in [0.15, 0.2) is 30.3 Å². The van der Waals surface area contributed by atoms with E-state index >= 15 is 0 Å². The first-order chi connectivity index (χ1) is 9.60. The SMILES string of the molecule is CC(=O)c1cccc(-c2cc(NCCO)nc(N)n2)c1. The molecule has 20 heavy (non-hydrogen) atoms. The molecule has 0 bridgehead atoms. The van der Waals surface area contributed by atoms with Gasteiger partial charge in [-0.3, -0.25) is 4.79 Å². The van der Waals surface area contributed by atoms with Crippen LogP contribution >= 0.6 is 0 Å². The van der Waals surface area contributed by atoms with Crippen LogP contribution < -0.4 is 11.1 Å². The van der Waals surface area contributed by atoms with Crippen LogP contribution in [0.25, 0.3) is 11.3 Å². The van der Waals surface area contributed by atoms with Crippen LogP contribution in [0.1, 0.15) is 17.3 Å². The number of nitrogens with zero attached hydrogens (tertiary/aromatic N) is 2. The summed E-state index contributed by atoms with van der Waals surface area (Å²) in [4.78, 5) is 19.6. The second kappa shape index (κ2) is 6.12. The number of carbonyl (C=O) groups excluding carboxylic acids is 1. The molecule has 4 N–H and O–H groups in total. The lowest BCUT2D eigenvalue weighted by Gasteiger charge is -2.08. The van der Waals surface area contributed by atoms with Gasteiger partial charge in [-0.1, -0.05) is 18.2 Å². The summed E-state index contributed by atoms with van der Waals surface area (Å²) in [6.45, 7) is 1.89. The lowest BCUT2D eigenvalue weighted by Crippen LogP contribution is -2.09. The number of benzene rings is 1. The maximum atomic E-state index is 11.4. The van der Waals surface area contributed by atoms with Crippen molar-refractivity contribution in [2.24, 2.45) is 0 Å². The molecule has 0 amide bonds. The normalized spacial score (nSPS) is 10.3. The van der Waals surface area contributed by atoms with E-state index in [2.05, 4.69) is 15.3 Å². The molecule has 1 heterocycles. The fraction of sp³-hybridized carbons (Fsp3) is 0.214. The molecule has 2 rings (SSSR count). The van der Waals surface area contributed by atoms with Gasteiger partial charge in [0.25, 0.3) is 0 Å². The van der Waals surface area contributed by atoms with Crippen molar-refractivity contribution < 1.29 is 9.90 Å². The molecule has 0 radical (unpaired) electrons. The summed E-state index contributed by atoms with van der Waals surface area (Å²) in [5.74, 6) is 0.665. The zero-order valence-electron chi connectivity index (χ0n) is 11.1. The van der Waals surface area contributed by atoms with E-state index in [-0.39, 0.29) is 18.3 Å². The van der Waals surface area contributed by atoms with E-state index in [0.717, 1.165) is 5.56 Å². The second-order valence-electron chi connectivity index (χ2n) is 4.28. The molecule has 1 aromatic heterocycles. The van der Waals surface area contributed by atoms with Gasteiger partial charge in [0.2, 0.25) is 5.95 Å². The number of rotatable bonds is 5. The Bertz CT molecular complexity index is 628. The zero-order chi connectivity index (χ0) is 14.5. The van der Waals surface area contributed by atoms with Crippen LogP contribution in [0.4, 0.5) is 11.8 Å². The van der Waals surface area contributed by atoms with E-state index in [9.17, 15) is 4.79 Å². The minimum atomic E-state index is -0.00694. The van der Waals surface area contributed by atoms with E-state index in [0.29, 0.717) is 23.6 Å². The van der Waals surface area contributed by atoms with Crippen molar-refractivity contribution in [3.63, 3.8) is 0 Å². The number of ketones is 1. The average molecular weight is 272 g/mol. The summed E-state index contributed by atoms with van der Waals surface area (Å²) in [5.41, 5.74) is 7.71. The Kier molecular flexibility index (Phi) is 4.27. The van der Waals surface area contributed by atoms with Crippen molar-refractivity contribution in [2.45, 2.75) is 6.92 Å². The first-order valence-electron chi connectivity index (χ1n) is 6.21. The summed E-state index contributed by atoms with van der Waals surface area (Å²) in [6, 6.07) is 8.89. The van der Waals surface area contributed by atoms with Gasteiger partial charge < -0.3 is 16.2 Å². The highest BCUT2D eigenvalue weighted by Crippen LogP contribution is 2.21. The number of aliphatic hydroxyl groups is 1. The van der Waals surface area contributed by atoms with Crippen LogP contribution in [0.2, 0.25) is 0 Å². The minimum Gasteiger partial charge on any atom is -0.395 e. The predicted octanol–water partition coefficient (Wildman–Crippen LogP) is 1.33. The predicted molar refractivity (Wildman–Crippen MR) is 77.5 cm³/mol.